The van der Waals surface area contributed by atoms with Crippen molar-refractivity contribution in [2.75, 3.05) is 24.5 Å². The van der Waals surface area contributed by atoms with E-state index in [1.807, 2.05) is 78.2 Å². The first kappa shape index (κ1) is 32.3. The zero-order valence-electron chi connectivity index (χ0n) is 28.3. The largest absolute Gasteiger partial charge is 0.444 e. The third-order valence-corrected chi connectivity index (χ3v) is 8.32. The molecular formula is C36H45N7O4. The third-order valence-electron chi connectivity index (χ3n) is 8.32. The number of hydrogen-bond acceptors (Lipinski definition) is 8. The number of benzene rings is 1. The van der Waals surface area contributed by atoms with Gasteiger partial charge in [0.05, 0.1) is 36.7 Å². The van der Waals surface area contributed by atoms with E-state index in [-0.39, 0.29) is 12.6 Å². The highest BCUT2D eigenvalue weighted by Crippen LogP contribution is 2.30. The fourth-order valence-electron chi connectivity index (χ4n) is 5.88. The van der Waals surface area contributed by atoms with Gasteiger partial charge < -0.3 is 19.3 Å². The van der Waals surface area contributed by atoms with Gasteiger partial charge >= 0.3 is 12.2 Å². The number of carbonyl (C=O) groups is 2. The Bertz CT molecular complexity index is 1780. The van der Waals surface area contributed by atoms with Crippen LogP contribution in [0.25, 0.3) is 22.2 Å². The number of fused-ring (bicyclic) bond motifs is 1. The predicted molar refractivity (Wildman–Crippen MR) is 181 cm³/mol. The second-order valence-corrected chi connectivity index (χ2v) is 14.6. The zero-order valence-corrected chi connectivity index (χ0v) is 28.3. The minimum Gasteiger partial charge on any atom is -0.444 e. The predicted octanol–water partition coefficient (Wildman–Crippen LogP) is 7.04. The van der Waals surface area contributed by atoms with E-state index in [4.69, 9.17) is 9.47 Å². The molecule has 11 nitrogen and oxygen atoms in total. The van der Waals surface area contributed by atoms with Gasteiger partial charge in [0, 0.05) is 42.5 Å². The number of amides is 1. The molecule has 1 saturated carbocycles. The Labute approximate surface area is 276 Å². The molecule has 1 aliphatic carbocycles. The van der Waals surface area contributed by atoms with Gasteiger partial charge in [-0.3, -0.25) is 4.98 Å². The molecule has 6 rings (SSSR count). The van der Waals surface area contributed by atoms with E-state index in [1.54, 1.807) is 20.3 Å². The number of aromatic nitrogens is 5. The zero-order chi connectivity index (χ0) is 33.3. The molecule has 11 heteroatoms. The molecule has 2 aliphatic rings. The summed E-state index contributed by atoms with van der Waals surface area (Å²) in [6.45, 7) is 14.1. The van der Waals surface area contributed by atoms with Crippen LogP contribution in [-0.2, 0) is 22.6 Å². The van der Waals surface area contributed by atoms with Crippen LogP contribution in [0.4, 0.5) is 15.3 Å². The molecule has 0 saturated heterocycles. The summed E-state index contributed by atoms with van der Waals surface area (Å²) in [4.78, 5) is 35.5. The van der Waals surface area contributed by atoms with Crippen molar-refractivity contribution in [1.82, 2.24) is 29.4 Å². The van der Waals surface area contributed by atoms with Crippen LogP contribution >= 0.6 is 0 Å². The Balaban J connectivity index is 1.29. The summed E-state index contributed by atoms with van der Waals surface area (Å²) in [7, 11) is 0. The summed E-state index contributed by atoms with van der Waals surface area (Å²) < 4.78 is 15.0. The maximum atomic E-state index is 13.7. The van der Waals surface area contributed by atoms with Gasteiger partial charge in [0.25, 0.3) is 0 Å². The minimum atomic E-state index is -0.700. The van der Waals surface area contributed by atoms with E-state index in [9.17, 15) is 9.59 Å². The van der Waals surface area contributed by atoms with Crippen LogP contribution in [0, 0.1) is 5.92 Å². The fraction of sp³-hybridized carbons (Fsp3) is 0.472. The number of carbonyl (C=O) groups excluding carboxylic acids is 2. The number of pyridine rings is 1. The smallest absolute Gasteiger partial charge is 0.419 e. The van der Waals surface area contributed by atoms with Crippen LogP contribution in [0.15, 0.2) is 61.1 Å². The monoisotopic (exact) mass is 639 g/mol. The van der Waals surface area contributed by atoms with Gasteiger partial charge in [0.15, 0.2) is 0 Å². The van der Waals surface area contributed by atoms with Gasteiger partial charge in [0.2, 0.25) is 0 Å². The van der Waals surface area contributed by atoms with Crippen LogP contribution < -0.4 is 4.90 Å². The Morgan fingerprint density at radius 2 is 1.70 bits per heavy atom. The Kier molecular flexibility index (Phi) is 8.82. The van der Waals surface area contributed by atoms with Crippen LogP contribution in [-0.4, -0.2) is 72.5 Å². The number of nitrogens with zero attached hydrogens (tertiary/aromatic N) is 7. The standard InChI is InChI=1S/C36H45N7O4/c1-35(2,3)46-33(44)41(21-25-10-9-11-25)23-30-17-27-13-12-26(16-32(27)43(30)34(45)47-36(4,5)6)22-42-24-31(38-39-42)28-18-29(20-37-19-28)40-14-7-8-15-40/h7-8,12-13,16-20,24-25H,9-11,14-15,21-23H2,1-6H3. The van der Waals surface area contributed by atoms with Gasteiger partial charge in [-0.25, -0.2) is 18.8 Å². The van der Waals surface area contributed by atoms with Crippen molar-refractivity contribution in [2.24, 2.45) is 5.92 Å². The SMILES string of the molecule is CC(C)(C)OC(=O)N(Cc1cc2ccc(Cn3cc(-c4cncc(N5CC=CC5)c4)nn3)cc2n1C(=O)OC(C)(C)C)CC1CCC1. The maximum Gasteiger partial charge on any atom is 0.419 e. The Morgan fingerprint density at radius 1 is 0.957 bits per heavy atom. The Morgan fingerprint density at radius 3 is 2.38 bits per heavy atom. The summed E-state index contributed by atoms with van der Waals surface area (Å²) in [6, 6.07) is 10.0. The molecule has 0 bridgehead atoms. The fourth-order valence-corrected chi connectivity index (χ4v) is 5.88. The van der Waals surface area contributed by atoms with Gasteiger partial charge in [-0.15, -0.1) is 5.10 Å². The molecule has 3 aromatic heterocycles. The van der Waals surface area contributed by atoms with Gasteiger partial charge in [-0.2, -0.15) is 0 Å². The molecular weight excluding hydrogens is 594 g/mol. The van der Waals surface area contributed by atoms with Crippen molar-refractivity contribution in [3.63, 3.8) is 0 Å². The molecule has 0 radical (unpaired) electrons. The molecule has 1 aliphatic heterocycles. The highest BCUT2D eigenvalue weighted by atomic mass is 16.6. The molecule has 0 N–H and O–H groups in total. The molecule has 4 heterocycles. The molecule has 1 amide bonds. The summed E-state index contributed by atoms with van der Waals surface area (Å²) in [6.07, 6.45) is 12.3. The lowest BCUT2D eigenvalue weighted by molar-refractivity contribution is 0.0163. The van der Waals surface area contributed by atoms with E-state index in [0.717, 1.165) is 53.8 Å². The average Bonchev–Trinajstić information content (AvgIpc) is 3.73. The van der Waals surface area contributed by atoms with E-state index in [0.29, 0.717) is 30.2 Å². The number of ether oxygens (including phenoxy) is 2. The first-order valence-electron chi connectivity index (χ1n) is 16.4. The van der Waals surface area contributed by atoms with Crippen molar-refractivity contribution < 1.29 is 19.1 Å². The third kappa shape index (κ3) is 7.84. The lowest BCUT2D eigenvalue weighted by Gasteiger charge is -2.33. The summed E-state index contributed by atoms with van der Waals surface area (Å²) in [5.41, 5.74) is 3.66. The first-order chi connectivity index (χ1) is 22.3. The second-order valence-electron chi connectivity index (χ2n) is 14.6. The molecule has 0 unspecified atom stereocenters. The number of anilines is 1. The van der Waals surface area contributed by atoms with Crippen molar-refractivity contribution in [1.29, 1.82) is 0 Å². The van der Waals surface area contributed by atoms with Crippen LogP contribution in [0.2, 0.25) is 0 Å². The Hall–Kier alpha value is -4.67. The second kappa shape index (κ2) is 12.8. The lowest BCUT2D eigenvalue weighted by atomic mass is 9.85. The normalized spacial score (nSPS) is 15.2. The van der Waals surface area contributed by atoms with Crippen molar-refractivity contribution >= 4 is 28.8 Å². The molecule has 0 spiro atoms. The molecule has 4 aromatic rings. The van der Waals surface area contributed by atoms with Gasteiger partial charge in [0.1, 0.15) is 16.9 Å². The highest BCUT2D eigenvalue weighted by Gasteiger charge is 2.30. The molecule has 47 heavy (non-hydrogen) atoms. The van der Waals surface area contributed by atoms with E-state index < -0.39 is 17.3 Å². The average molecular weight is 640 g/mol. The van der Waals surface area contributed by atoms with Crippen LogP contribution in [0.1, 0.15) is 72.1 Å². The van der Waals surface area contributed by atoms with Crippen molar-refractivity contribution in [2.45, 2.75) is 85.1 Å². The molecule has 0 atom stereocenters. The van der Waals surface area contributed by atoms with E-state index >= 15 is 0 Å². The number of hydrogen-bond donors (Lipinski definition) is 0. The molecule has 1 aromatic carbocycles. The summed E-state index contributed by atoms with van der Waals surface area (Å²) in [5.74, 6) is 0.427. The van der Waals surface area contributed by atoms with Crippen LogP contribution in [0.3, 0.4) is 0 Å². The van der Waals surface area contributed by atoms with E-state index in [1.165, 1.54) is 6.42 Å². The van der Waals surface area contributed by atoms with Crippen LogP contribution in [0.5, 0.6) is 0 Å². The topological polar surface area (TPSA) is 108 Å². The van der Waals surface area contributed by atoms with Gasteiger partial charge in [-0.05, 0) is 84.1 Å². The van der Waals surface area contributed by atoms with Crippen molar-refractivity contribution in [3.8, 4) is 11.3 Å². The highest BCUT2D eigenvalue weighted by molar-refractivity contribution is 5.91. The number of rotatable bonds is 8. The van der Waals surface area contributed by atoms with Crippen molar-refractivity contribution in [3.05, 3.63) is 72.3 Å². The molecule has 1 fully saturated rings. The summed E-state index contributed by atoms with van der Waals surface area (Å²) in [5, 5.41) is 9.69. The maximum absolute atomic E-state index is 13.7. The first-order valence-corrected chi connectivity index (χ1v) is 16.4. The minimum absolute atomic E-state index is 0.224. The van der Waals surface area contributed by atoms with Gasteiger partial charge in [-0.1, -0.05) is 35.9 Å². The summed E-state index contributed by atoms with van der Waals surface area (Å²) >= 11 is 0. The lowest BCUT2D eigenvalue weighted by Crippen LogP contribution is -2.41. The quantitative estimate of drug-likeness (QED) is 0.189. The van der Waals surface area contributed by atoms with E-state index in [2.05, 4.69) is 38.4 Å². The molecule has 248 valence electrons.